The third-order valence-corrected chi connectivity index (χ3v) is 5.09. The van der Waals surface area contributed by atoms with E-state index in [4.69, 9.17) is 0 Å². The highest BCUT2D eigenvalue weighted by molar-refractivity contribution is 5.81. The van der Waals surface area contributed by atoms with Crippen LogP contribution in [0.4, 0.5) is 0 Å². The third-order valence-electron chi connectivity index (χ3n) is 5.09. The number of imidazole rings is 1. The first-order valence-electron chi connectivity index (χ1n) is 8.38. The van der Waals surface area contributed by atoms with Crippen LogP contribution in [0.1, 0.15) is 37.2 Å². The highest BCUT2D eigenvalue weighted by Gasteiger charge is 2.45. The van der Waals surface area contributed by atoms with Crippen molar-refractivity contribution in [2.75, 3.05) is 13.1 Å². The number of nitrogens with zero attached hydrogens (tertiary/aromatic N) is 5. The van der Waals surface area contributed by atoms with E-state index in [0.717, 1.165) is 11.4 Å². The molecular formula is C17H23N5O3. The Morgan fingerprint density at radius 3 is 2.44 bits per heavy atom. The lowest BCUT2D eigenvalue weighted by molar-refractivity contribution is -0.154. The summed E-state index contributed by atoms with van der Waals surface area (Å²) in [4.78, 5) is 30.6. The lowest BCUT2D eigenvalue weighted by atomic mass is 9.87. The molecule has 25 heavy (non-hydrogen) atoms. The minimum absolute atomic E-state index is 0.0169. The molecule has 1 aliphatic heterocycles. The maximum atomic E-state index is 12.8. The summed E-state index contributed by atoms with van der Waals surface area (Å²) >= 11 is 0. The second kappa shape index (κ2) is 6.34. The zero-order chi connectivity index (χ0) is 18.2. The number of aromatic nitrogens is 4. The van der Waals surface area contributed by atoms with Crippen LogP contribution in [0.15, 0.2) is 24.8 Å². The topological polar surface area (TPSA) is 93.3 Å². The maximum absolute atomic E-state index is 12.8. The zero-order valence-corrected chi connectivity index (χ0v) is 14.7. The zero-order valence-electron chi connectivity index (χ0n) is 14.7. The predicted molar refractivity (Wildman–Crippen MR) is 90.1 cm³/mol. The van der Waals surface area contributed by atoms with E-state index in [2.05, 4.69) is 10.1 Å². The number of carboxylic acid groups (broad SMARTS) is 1. The molecule has 0 bridgehead atoms. The van der Waals surface area contributed by atoms with Crippen molar-refractivity contribution < 1.29 is 14.7 Å². The molecule has 0 radical (unpaired) electrons. The summed E-state index contributed by atoms with van der Waals surface area (Å²) in [5.74, 6) is -0.136. The van der Waals surface area contributed by atoms with Crippen molar-refractivity contribution in [3.63, 3.8) is 0 Å². The lowest BCUT2D eigenvalue weighted by Crippen LogP contribution is -2.53. The van der Waals surface area contributed by atoms with Crippen LogP contribution >= 0.6 is 0 Å². The Labute approximate surface area is 146 Å². The smallest absolute Gasteiger partial charge is 0.331 e. The van der Waals surface area contributed by atoms with Crippen LogP contribution in [-0.4, -0.2) is 54.3 Å². The van der Waals surface area contributed by atoms with E-state index >= 15 is 0 Å². The molecule has 1 saturated heterocycles. The first-order valence-corrected chi connectivity index (χ1v) is 8.38. The van der Waals surface area contributed by atoms with Crippen molar-refractivity contribution in [2.24, 2.45) is 0 Å². The Morgan fingerprint density at radius 2 is 1.96 bits per heavy atom. The van der Waals surface area contributed by atoms with Crippen molar-refractivity contribution in [1.82, 2.24) is 24.2 Å². The van der Waals surface area contributed by atoms with Crippen molar-refractivity contribution in [1.29, 1.82) is 0 Å². The molecule has 8 nitrogen and oxygen atoms in total. The van der Waals surface area contributed by atoms with Gasteiger partial charge in [0.25, 0.3) is 0 Å². The summed E-state index contributed by atoms with van der Waals surface area (Å²) in [7, 11) is 0. The second-order valence-electron chi connectivity index (χ2n) is 6.68. The second-order valence-corrected chi connectivity index (χ2v) is 6.68. The number of rotatable bonds is 4. The molecule has 1 amide bonds. The molecule has 1 fully saturated rings. The Balaban J connectivity index is 1.75. The Kier molecular flexibility index (Phi) is 4.36. The molecule has 0 unspecified atom stereocenters. The number of carbonyl (C=O) groups is 2. The largest absolute Gasteiger partial charge is 0.479 e. The van der Waals surface area contributed by atoms with Crippen molar-refractivity contribution in [3.8, 4) is 0 Å². The van der Waals surface area contributed by atoms with E-state index < -0.39 is 11.5 Å². The molecule has 0 aliphatic carbocycles. The van der Waals surface area contributed by atoms with Gasteiger partial charge in [-0.2, -0.15) is 5.10 Å². The van der Waals surface area contributed by atoms with Gasteiger partial charge in [-0.25, -0.2) is 9.78 Å². The van der Waals surface area contributed by atoms with Crippen LogP contribution in [0.2, 0.25) is 0 Å². The van der Waals surface area contributed by atoms with Gasteiger partial charge in [0.2, 0.25) is 5.91 Å². The fraction of sp³-hybridized carbons (Fsp3) is 0.529. The number of aryl methyl sites for hydroxylation is 2. The summed E-state index contributed by atoms with van der Waals surface area (Å²) in [5.41, 5.74) is -0.164. The van der Waals surface area contributed by atoms with Gasteiger partial charge in [0.05, 0.1) is 6.20 Å². The van der Waals surface area contributed by atoms with Crippen molar-refractivity contribution in [3.05, 3.63) is 36.2 Å². The molecule has 2 aromatic rings. The molecule has 3 heterocycles. The van der Waals surface area contributed by atoms with Gasteiger partial charge >= 0.3 is 5.97 Å². The Bertz CT molecular complexity index is 786. The fourth-order valence-corrected chi connectivity index (χ4v) is 3.47. The van der Waals surface area contributed by atoms with Crippen molar-refractivity contribution >= 4 is 11.9 Å². The van der Waals surface area contributed by atoms with E-state index in [1.54, 1.807) is 29.7 Å². The number of likely N-dealkylation sites (tertiary alicyclic amines) is 1. The molecule has 1 atom stereocenters. The maximum Gasteiger partial charge on any atom is 0.331 e. The van der Waals surface area contributed by atoms with E-state index in [0.29, 0.717) is 25.9 Å². The summed E-state index contributed by atoms with van der Waals surface area (Å²) in [6.45, 7) is 6.36. The van der Waals surface area contributed by atoms with E-state index in [1.165, 1.54) is 4.68 Å². The summed E-state index contributed by atoms with van der Waals surface area (Å²) < 4.78 is 3.37. The SMILES string of the molecule is Cc1cnn(C2(C(=O)O)CCN(C(=O)[C@H](C)n3ccnc3C)CC2)c1. The van der Waals surface area contributed by atoms with Crippen LogP contribution in [0.25, 0.3) is 0 Å². The van der Waals surface area contributed by atoms with Crippen LogP contribution in [0, 0.1) is 13.8 Å². The van der Waals surface area contributed by atoms with Gasteiger partial charge in [-0.15, -0.1) is 0 Å². The number of carboxylic acids is 1. The highest BCUT2D eigenvalue weighted by atomic mass is 16.4. The predicted octanol–water partition coefficient (Wildman–Crippen LogP) is 1.36. The molecule has 1 N–H and O–H groups in total. The van der Waals surface area contributed by atoms with Crippen LogP contribution < -0.4 is 0 Å². The summed E-state index contributed by atoms with van der Waals surface area (Å²) in [6, 6.07) is -0.355. The number of amides is 1. The average Bonchev–Trinajstić information content (AvgIpc) is 3.22. The minimum Gasteiger partial charge on any atom is -0.479 e. The Morgan fingerprint density at radius 1 is 1.28 bits per heavy atom. The van der Waals surface area contributed by atoms with Crippen LogP contribution in [0.5, 0.6) is 0 Å². The van der Waals surface area contributed by atoms with Gasteiger partial charge in [0, 0.05) is 44.5 Å². The summed E-state index contributed by atoms with van der Waals surface area (Å²) in [6.07, 6.45) is 7.55. The molecular weight excluding hydrogens is 322 g/mol. The molecule has 0 saturated carbocycles. The molecule has 0 spiro atoms. The normalized spacial score (nSPS) is 18.1. The quantitative estimate of drug-likeness (QED) is 0.903. The lowest BCUT2D eigenvalue weighted by Gasteiger charge is -2.39. The van der Waals surface area contributed by atoms with Gasteiger partial charge in [0.15, 0.2) is 5.54 Å². The first kappa shape index (κ1) is 17.2. The van der Waals surface area contributed by atoms with E-state index in [9.17, 15) is 14.7 Å². The fourth-order valence-electron chi connectivity index (χ4n) is 3.47. The van der Waals surface area contributed by atoms with Gasteiger partial charge in [-0.1, -0.05) is 0 Å². The van der Waals surface area contributed by atoms with Gasteiger partial charge in [-0.05, 0) is 26.3 Å². The number of carbonyl (C=O) groups excluding carboxylic acids is 1. The van der Waals surface area contributed by atoms with Crippen LogP contribution in [-0.2, 0) is 15.1 Å². The Hall–Kier alpha value is -2.64. The molecule has 2 aromatic heterocycles. The van der Waals surface area contributed by atoms with Crippen molar-refractivity contribution in [2.45, 2.75) is 45.2 Å². The van der Waals surface area contributed by atoms with E-state index in [-0.39, 0.29) is 11.9 Å². The third kappa shape index (κ3) is 2.92. The number of piperidine rings is 1. The van der Waals surface area contributed by atoms with E-state index in [1.807, 2.05) is 25.3 Å². The number of hydrogen-bond donors (Lipinski definition) is 1. The minimum atomic E-state index is -1.08. The van der Waals surface area contributed by atoms with Gasteiger partial charge in [-0.3, -0.25) is 9.48 Å². The number of hydrogen-bond acceptors (Lipinski definition) is 4. The van der Waals surface area contributed by atoms with Gasteiger partial charge in [0.1, 0.15) is 11.9 Å². The standard InChI is InChI=1S/C17H23N5O3/c1-12-10-19-22(11-12)17(16(24)25)4-7-20(8-5-17)15(23)13(2)21-9-6-18-14(21)3/h6,9-11,13H,4-5,7-8H2,1-3H3,(H,24,25)/t13-/m0/s1. The molecule has 134 valence electrons. The average molecular weight is 345 g/mol. The number of aliphatic carboxylic acids is 1. The monoisotopic (exact) mass is 345 g/mol. The molecule has 0 aromatic carbocycles. The van der Waals surface area contributed by atoms with Gasteiger partial charge < -0.3 is 14.6 Å². The highest BCUT2D eigenvalue weighted by Crippen LogP contribution is 2.31. The molecule has 8 heteroatoms. The van der Waals surface area contributed by atoms with Crippen LogP contribution in [0.3, 0.4) is 0 Å². The molecule has 3 rings (SSSR count). The first-order chi connectivity index (χ1) is 11.8. The molecule has 1 aliphatic rings. The summed E-state index contributed by atoms with van der Waals surface area (Å²) in [5, 5.41) is 14.0.